The Morgan fingerprint density at radius 2 is 1.68 bits per heavy atom. The van der Waals surface area contributed by atoms with E-state index in [0.717, 1.165) is 17.0 Å². The standard InChI is InChI=1S/C23H23NO4/c1-15-13-21(17(3)25)16(2)24(15)22(14-18-9-11-19(26)12-10-18)23(27)28-20-7-5-4-6-8-20/h4-13,22,26H,14H2,1-3H3/t22-/m0/s1. The molecule has 144 valence electrons. The zero-order valence-corrected chi connectivity index (χ0v) is 16.2. The van der Waals surface area contributed by atoms with Crippen LogP contribution in [0, 0.1) is 13.8 Å². The summed E-state index contributed by atoms with van der Waals surface area (Å²) in [6.07, 6.45) is 0.375. The number of esters is 1. The Bertz CT molecular complexity index is 987. The second-order valence-corrected chi connectivity index (χ2v) is 6.83. The van der Waals surface area contributed by atoms with Crippen LogP contribution in [0.2, 0.25) is 0 Å². The topological polar surface area (TPSA) is 68.5 Å². The van der Waals surface area contributed by atoms with Crippen molar-refractivity contribution in [2.24, 2.45) is 0 Å². The molecule has 0 fully saturated rings. The molecule has 5 nitrogen and oxygen atoms in total. The quantitative estimate of drug-likeness (QED) is 0.393. The van der Waals surface area contributed by atoms with Gasteiger partial charge < -0.3 is 14.4 Å². The number of nitrogens with zero attached hydrogens (tertiary/aromatic N) is 1. The first-order valence-corrected chi connectivity index (χ1v) is 9.11. The number of benzene rings is 2. The molecule has 0 radical (unpaired) electrons. The van der Waals surface area contributed by atoms with Crippen LogP contribution < -0.4 is 4.74 Å². The normalized spacial score (nSPS) is 11.8. The Kier molecular flexibility index (Phi) is 5.64. The molecular weight excluding hydrogens is 354 g/mol. The van der Waals surface area contributed by atoms with Gasteiger partial charge in [-0.3, -0.25) is 4.79 Å². The highest BCUT2D eigenvalue weighted by molar-refractivity contribution is 5.95. The second kappa shape index (κ2) is 8.13. The summed E-state index contributed by atoms with van der Waals surface area (Å²) < 4.78 is 7.47. The first-order valence-electron chi connectivity index (χ1n) is 9.11. The van der Waals surface area contributed by atoms with Gasteiger partial charge in [0.15, 0.2) is 5.78 Å². The summed E-state index contributed by atoms with van der Waals surface area (Å²) >= 11 is 0. The largest absolute Gasteiger partial charge is 0.508 e. The molecule has 3 aromatic rings. The number of hydrogen-bond acceptors (Lipinski definition) is 4. The average molecular weight is 377 g/mol. The Hall–Kier alpha value is -3.34. The summed E-state index contributed by atoms with van der Waals surface area (Å²) in [5.74, 6) is 0.187. The van der Waals surface area contributed by atoms with Crippen LogP contribution in [0.25, 0.3) is 0 Å². The molecular formula is C23H23NO4. The summed E-state index contributed by atoms with van der Waals surface area (Å²) in [5.41, 5.74) is 3.03. The van der Waals surface area contributed by atoms with Gasteiger partial charge in [-0.2, -0.15) is 0 Å². The van der Waals surface area contributed by atoms with Gasteiger partial charge in [-0.15, -0.1) is 0 Å². The Morgan fingerprint density at radius 3 is 2.25 bits per heavy atom. The predicted octanol–water partition coefficient (Wildman–Crippen LogP) is 4.40. The van der Waals surface area contributed by atoms with E-state index >= 15 is 0 Å². The molecule has 1 N–H and O–H groups in total. The van der Waals surface area contributed by atoms with E-state index in [-0.39, 0.29) is 11.5 Å². The molecule has 0 aliphatic rings. The summed E-state index contributed by atoms with van der Waals surface area (Å²) in [6, 6.07) is 16.8. The first-order chi connectivity index (χ1) is 13.4. The third kappa shape index (κ3) is 4.14. The van der Waals surface area contributed by atoms with Crippen LogP contribution in [0.5, 0.6) is 11.5 Å². The van der Waals surface area contributed by atoms with Crippen LogP contribution in [0.3, 0.4) is 0 Å². The van der Waals surface area contributed by atoms with Crippen molar-refractivity contribution >= 4 is 11.8 Å². The minimum atomic E-state index is -0.641. The molecule has 0 unspecified atom stereocenters. The zero-order valence-electron chi connectivity index (χ0n) is 16.2. The van der Waals surface area contributed by atoms with Crippen molar-refractivity contribution in [1.29, 1.82) is 0 Å². The van der Waals surface area contributed by atoms with Crippen molar-refractivity contribution < 1.29 is 19.4 Å². The molecule has 1 aromatic heterocycles. The van der Waals surface area contributed by atoms with Crippen molar-refractivity contribution in [2.45, 2.75) is 33.2 Å². The monoisotopic (exact) mass is 377 g/mol. The van der Waals surface area contributed by atoms with Gasteiger partial charge in [-0.1, -0.05) is 30.3 Å². The van der Waals surface area contributed by atoms with Crippen LogP contribution in [0.4, 0.5) is 0 Å². The first kappa shape index (κ1) is 19.4. The van der Waals surface area contributed by atoms with Gasteiger partial charge in [-0.25, -0.2) is 4.79 Å². The molecule has 0 aliphatic carbocycles. The molecule has 1 atom stereocenters. The van der Waals surface area contributed by atoms with E-state index in [0.29, 0.717) is 17.7 Å². The molecule has 28 heavy (non-hydrogen) atoms. The molecule has 0 saturated carbocycles. The van der Waals surface area contributed by atoms with E-state index in [2.05, 4.69) is 0 Å². The SMILES string of the molecule is CC(=O)c1cc(C)n([C@@H](Cc2ccc(O)cc2)C(=O)Oc2ccccc2)c1C. The number of rotatable bonds is 6. The van der Waals surface area contributed by atoms with E-state index in [1.54, 1.807) is 54.6 Å². The fraction of sp³-hybridized carbons (Fsp3) is 0.217. The number of para-hydroxylation sites is 1. The number of phenolic OH excluding ortho intramolecular Hbond substituents is 1. The maximum Gasteiger partial charge on any atom is 0.334 e. The molecule has 5 heteroatoms. The van der Waals surface area contributed by atoms with Crippen molar-refractivity contribution in [3.63, 3.8) is 0 Å². The maximum absolute atomic E-state index is 13.1. The van der Waals surface area contributed by atoms with E-state index in [1.165, 1.54) is 6.92 Å². The van der Waals surface area contributed by atoms with E-state index in [9.17, 15) is 14.7 Å². The number of phenols is 1. The van der Waals surface area contributed by atoms with Gasteiger partial charge >= 0.3 is 5.97 Å². The highest BCUT2D eigenvalue weighted by atomic mass is 16.5. The number of hydrogen-bond donors (Lipinski definition) is 1. The average Bonchev–Trinajstić information content (AvgIpc) is 2.96. The van der Waals surface area contributed by atoms with Gasteiger partial charge in [-0.05, 0) is 56.7 Å². The Labute approximate surface area is 164 Å². The number of aryl methyl sites for hydroxylation is 1. The summed E-state index contributed by atoms with van der Waals surface area (Å²) in [6.45, 7) is 5.23. The van der Waals surface area contributed by atoms with Gasteiger partial charge in [0.2, 0.25) is 0 Å². The lowest BCUT2D eigenvalue weighted by molar-refractivity contribution is -0.138. The molecule has 3 rings (SSSR count). The number of Topliss-reactive ketones (excluding diaryl/α,β-unsaturated/α-hetero) is 1. The van der Waals surface area contributed by atoms with E-state index < -0.39 is 12.0 Å². The van der Waals surface area contributed by atoms with E-state index in [1.807, 2.05) is 24.5 Å². The van der Waals surface area contributed by atoms with Crippen molar-refractivity contribution in [3.8, 4) is 11.5 Å². The van der Waals surface area contributed by atoms with Crippen molar-refractivity contribution in [2.75, 3.05) is 0 Å². The van der Waals surface area contributed by atoms with Gasteiger partial charge in [0, 0.05) is 23.4 Å². The number of aromatic hydroxyl groups is 1. The highest BCUT2D eigenvalue weighted by Gasteiger charge is 2.27. The minimum absolute atomic E-state index is 0.0424. The lowest BCUT2D eigenvalue weighted by Gasteiger charge is -2.22. The van der Waals surface area contributed by atoms with Gasteiger partial charge in [0.25, 0.3) is 0 Å². The van der Waals surface area contributed by atoms with Crippen molar-refractivity contribution in [3.05, 3.63) is 83.2 Å². The van der Waals surface area contributed by atoms with E-state index in [4.69, 9.17) is 4.74 Å². The maximum atomic E-state index is 13.1. The molecule has 0 saturated heterocycles. The lowest BCUT2D eigenvalue weighted by Crippen LogP contribution is -2.28. The van der Waals surface area contributed by atoms with Crippen LogP contribution in [-0.2, 0) is 11.2 Å². The fourth-order valence-corrected chi connectivity index (χ4v) is 3.42. The summed E-state index contributed by atoms with van der Waals surface area (Å²) in [7, 11) is 0. The molecule has 0 spiro atoms. The Balaban J connectivity index is 2.00. The number of ether oxygens (including phenoxy) is 1. The third-order valence-electron chi connectivity index (χ3n) is 4.77. The van der Waals surface area contributed by atoms with Crippen molar-refractivity contribution in [1.82, 2.24) is 4.57 Å². The minimum Gasteiger partial charge on any atom is -0.508 e. The second-order valence-electron chi connectivity index (χ2n) is 6.83. The molecule has 0 bridgehead atoms. The summed E-state index contributed by atoms with van der Waals surface area (Å²) in [5, 5.41) is 9.53. The van der Waals surface area contributed by atoms with Gasteiger partial charge in [0.05, 0.1) is 0 Å². The van der Waals surface area contributed by atoms with Crippen LogP contribution in [0.1, 0.15) is 40.3 Å². The molecule has 0 aliphatic heterocycles. The lowest BCUT2D eigenvalue weighted by atomic mass is 10.0. The smallest absolute Gasteiger partial charge is 0.334 e. The third-order valence-corrected chi connectivity index (χ3v) is 4.77. The van der Waals surface area contributed by atoms with Gasteiger partial charge in [0.1, 0.15) is 17.5 Å². The van der Waals surface area contributed by atoms with Crippen LogP contribution in [-0.4, -0.2) is 21.4 Å². The highest BCUT2D eigenvalue weighted by Crippen LogP contribution is 2.26. The molecule has 0 amide bonds. The predicted molar refractivity (Wildman–Crippen MR) is 107 cm³/mol. The van der Waals surface area contributed by atoms with Crippen LogP contribution in [0.15, 0.2) is 60.7 Å². The number of carbonyl (C=O) groups excluding carboxylic acids is 2. The molecule has 2 aromatic carbocycles. The number of carbonyl (C=O) groups is 2. The summed E-state index contributed by atoms with van der Waals surface area (Å²) in [4.78, 5) is 25.0. The number of aromatic nitrogens is 1. The number of ketones is 1. The van der Waals surface area contributed by atoms with Crippen LogP contribution >= 0.6 is 0 Å². The Morgan fingerprint density at radius 1 is 1.04 bits per heavy atom. The fourth-order valence-electron chi connectivity index (χ4n) is 3.42. The molecule has 1 heterocycles. The zero-order chi connectivity index (χ0) is 20.3.